The molecule has 0 amide bonds. The number of ether oxygens (including phenoxy) is 1. The van der Waals surface area contributed by atoms with Gasteiger partial charge in [-0.25, -0.2) is 0 Å². The molecule has 128 valence electrons. The fraction of sp³-hybridized carbons (Fsp3) is 0.278. The van der Waals surface area contributed by atoms with Crippen molar-refractivity contribution in [3.8, 4) is 5.75 Å². The van der Waals surface area contributed by atoms with E-state index in [4.69, 9.17) is 4.74 Å². The molecule has 0 saturated heterocycles. The Morgan fingerprint density at radius 2 is 1.50 bits per heavy atom. The summed E-state index contributed by atoms with van der Waals surface area (Å²) in [5.74, 6) is 0.760. The Morgan fingerprint density at radius 1 is 0.917 bits per heavy atom. The standard InChI is InChI=1S/C18H19F3N2O/c1-17(2,3)24-16-10-4-13(5-11-16)12-22-23-15-8-6-14(7-9-15)18(19,20)21/h4-12,23H,1-3H3. The lowest BCUT2D eigenvalue weighted by Gasteiger charge is -2.21. The minimum Gasteiger partial charge on any atom is -0.488 e. The molecule has 0 radical (unpaired) electrons. The molecule has 0 aliphatic carbocycles. The van der Waals surface area contributed by atoms with Gasteiger partial charge in [0.1, 0.15) is 11.4 Å². The lowest BCUT2D eigenvalue weighted by molar-refractivity contribution is -0.137. The molecule has 0 unspecified atom stereocenters. The largest absolute Gasteiger partial charge is 0.488 e. The van der Waals surface area contributed by atoms with E-state index >= 15 is 0 Å². The summed E-state index contributed by atoms with van der Waals surface area (Å²) in [5, 5.41) is 4.01. The van der Waals surface area contributed by atoms with E-state index in [1.165, 1.54) is 12.1 Å². The van der Waals surface area contributed by atoms with Crippen molar-refractivity contribution in [2.24, 2.45) is 5.10 Å². The molecule has 0 bridgehead atoms. The molecule has 0 aromatic heterocycles. The van der Waals surface area contributed by atoms with Gasteiger partial charge >= 0.3 is 6.18 Å². The number of nitrogens with zero attached hydrogens (tertiary/aromatic N) is 1. The predicted octanol–water partition coefficient (Wildman–Crippen LogP) is 5.33. The number of alkyl halides is 3. The Balaban J connectivity index is 1.94. The fourth-order valence-corrected chi connectivity index (χ4v) is 1.89. The van der Waals surface area contributed by atoms with Crippen LogP contribution < -0.4 is 10.2 Å². The van der Waals surface area contributed by atoms with Crippen molar-refractivity contribution in [3.63, 3.8) is 0 Å². The summed E-state index contributed by atoms with van der Waals surface area (Å²) < 4.78 is 43.1. The van der Waals surface area contributed by atoms with Crippen LogP contribution in [0.15, 0.2) is 53.6 Å². The molecule has 0 aliphatic rings. The molecule has 2 aromatic carbocycles. The highest BCUT2D eigenvalue weighted by Crippen LogP contribution is 2.29. The van der Waals surface area contributed by atoms with E-state index < -0.39 is 11.7 Å². The summed E-state index contributed by atoms with van der Waals surface area (Å²) in [6.45, 7) is 5.91. The summed E-state index contributed by atoms with van der Waals surface area (Å²) in [4.78, 5) is 0. The molecule has 0 atom stereocenters. The number of benzene rings is 2. The van der Waals surface area contributed by atoms with Crippen molar-refractivity contribution in [1.29, 1.82) is 0 Å². The minimum atomic E-state index is -4.33. The second kappa shape index (κ2) is 6.95. The maximum Gasteiger partial charge on any atom is 0.416 e. The van der Waals surface area contributed by atoms with Crippen molar-refractivity contribution in [3.05, 3.63) is 59.7 Å². The van der Waals surface area contributed by atoms with E-state index in [2.05, 4.69) is 10.5 Å². The van der Waals surface area contributed by atoms with Crippen LogP contribution in [0.4, 0.5) is 18.9 Å². The van der Waals surface area contributed by atoms with Crippen molar-refractivity contribution >= 4 is 11.9 Å². The molecule has 0 aliphatic heterocycles. The minimum absolute atomic E-state index is 0.264. The number of hydrogen-bond acceptors (Lipinski definition) is 3. The average molecular weight is 336 g/mol. The predicted molar refractivity (Wildman–Crippen MR) is 89.5 cm³/mol. The van der Waals surface area contributed by atoms with Crippen LogP contribution in [0.25, 0.3) is 0 Å². The number of nitrogens with one attached hydrogen (secondary N) is 1. The average Bonchev–Trinajstić information content (AvgIpc) is 2.47. The molecule has 0 heterocycles. The number of halogens is 3. The van der Waals surface area contributed by atoms with Crippen molar-refractivity contribution in [1.82, 2.24) is 0 Å². The van der Waals surface area contributed by atoms with E-state index in [1.807, 2.05) is 45.0 Å². The quantitative estimate of drug-likeness (QED) is 0.605. The topological polar surface area (TPSA) is 33.6 Å². The summed E-state index contributed by atoms with van der Waals surface area (Å²) in [6.07, 6.45) is -2.75. The molecule has 2 aromatic rings. The van der Waals surface area contributed by atoms with Gasteiger partial charge in [0, 0.05) is 0 Å². The molecular weight excluding hydrogens is 317 g/mol. The Bertz CT molecular complexity index is 684. The zero-order valence-corrected chi connectivity index (χ0v) is 13.7. The molecular formula is C18H19F3N2O. The Morgan fingerprint density at radius 3 is 2.00 bits per heavy atom. The molecule has 3 nitrogen and oxygen atoms in total. The smallest absolute Gasteiger partial charge is 0.416 e. The zero-order chi connectivity index (χ0) is 17.8. The molecule has 1 N–H and O–H groups in total. The van der Waals surface area contributed by atoms with Gasteiger partial charge in [-0.3, -0.25) is 5.43 Å². The SMILES string of the molecule is CC(C)(C)Oc1ccc(C=NNc2ccc(C(F)(F)F)cc2)cc1. The first-order valence-electron chi connectivity index (χ1n) is 7.39. The van der Waals surface area contributed by atoms with Crippen LogP contribution in [0, 0.1) is 0 Å². The molecule has 6 heteroatoms. The maximum absolute atomic E-state index is 12.5. The normalized spacial score (nSPS) is 12.4. The van der Waals surface area contributed by atoms with Crippen molar-refractivity contribution < 1.29 is 17.9 Å². The number of hydrazone groups is 1. The third kappa shape index (κ3) is 5.61. The van der Waals surface area contributed by atoms with Gasteiger partial charge in [-0.1, -0.05) is 0 Å². The van der Waals surface area contributed by atoms with Crippen LogP contribution in [-0.4, -0.2) is 11.8 Å². The van der Waals surface area contributed by atoms with Crippen LogP contribution in [0.3, 0.4) is 0 Å². The van der Waals surface area contributed by atoms with Crippen LogP contribution in [-0.2, 0) is 6.18 Å². The van der Waals surface area contributed by atoms with Crippen LogP contribution in [0.1, 0.15) is 31.9 Å². The Labute approximate surface area is 139 Å². The van der Waals surface area contributed by atoms with Gasteiger partial charge in [-0.2, -0.15) is 18.3 Å². The molecule has 24 heavy (non-hydrogen) atoms. The van der Waals surface area contributed by atoms with Crippen LogP contribution in [0.2, 0.25) is 0 Å². The Kier molecular flexibility index (Phi) is 5.17. The third-order valence-corrected chi connectivity index (χ3v) is 2.92. The summed E-state index contributed by atoms with van der Waals surface area (Å²) in [5.41, 5.74) is 3.06. The molecule has 0 spiro atoms. The van der Waals surface area contributed by atoms with Gasteiger partial charge in [0.05, 0.1) is 17.5 Å². The Hall–Kier alpha value is -2.50. The first-order chi connectivity index (χ1) is 11.1. The van der Waals surface area contributed by atoms with Crippen molar-refractivity contribution in [2.45, 2.75) is 32.5 Å². The molecule has 0 fully saturated rings. The van der Waals surface area contributed by atoms with Gasteiger partial charge < -0.3 is 4.74 Å². The zero-order valence-electron chi connectivity index (χ0n) is 13.7. The second-order valence-electron chi connectivity index (χ2n) is 6.23. The van der Waals surface area contributed by atoms with E-state index in [0.717, 1.165) is 23.4 Å². The van der Waals surface area contributed by atoms with Crippen LogP contribution in [0.5, 0.6) is 5.75 Å². The van der Waals surface area contributed by atoms with Gasteiger partial charge in [0.25, 0.3) is 0 Å². The van der Waals surface area contributed by atoms with Gasteiger partial charge in [0.15, 0.2) is 0 Å². The van der Waals surface area contributed by atoms with E-state index in [9.17, 15) is 13.2 Å². The highest BCUT2D eigenvalue weighted by molar-refractivity contribution is 5.80. The summed E-state index contributed by atoms with van der Waals surface area (Å²) in [7, 11) is 0. The fourth-order valence-electron chi connectivity index (χ4n) is 1.89. The number of rotatable bonds is 4. The van der Waals surface area contributed by atoms with E-state index in [1.54, 1.807) is 6.21 Å². The summed E-state index contributed by atoms with van der Waals surface area (Å²) in [6, 6.07) is 12.1. The highest BCUT2D eigenvalue weighted by Gasteiger charge is 2.29. The number of hydrogen-bond donors (Lipinski definition) is 1. The van der Waals surface area contributed by atoms with E-state index in [0.29, 0.717) is 5.69 Å². The second-order valence-corrected chi connectivity index (χ2v) is 6.23. The molecule has 0 saturated carbocycles. The third-order valence-electron chi connectivity index (χ3n) is 2.92. The van der Waals surface area contributed by atoms with Crippen molar-refractivity contribution in [2.75, 3.05) is 5.43 Å². The van der Waals surface area contributed by atoms with E-state index in [-0.39, 0.29) is 5.60 Å². The monoisotopic (exact) mass is 336 g/mol. The van der Waals surface area contributed by atoms with Crippen LogP contribution >= 0.6 is 0 Å². The number of anilines is 1. The van der Waals surface area contributed by atoms with Gasteiger partial charge in [0.2, 0.25) is 0 Å². The van der Waals surface area contributed by atoms with Gasteiger partial charge in [-0.15, -0.1) is 0 Å². The lowest BCUT2D eigenvalue weighted by atomic mass is 10.2. The first-order valence-corrected chi connectivity index (χ1v) is 7.39. The van der Waals surface area contributed by atoms with Gasteiger partial charge in [-0.05, 0) is 74.9 Å². The first kappa shape index (κ1) is 17.8. The molecule has 2 rings (SSSR count). The summed E-state index contributed by atoms with van der Waals surface area (Å²) >= 11 is 0. The lowest BCUT2D eigenvalue weighted by Crippen LogP contribution is -2.22. The maximum atomic E-state index is 12.5. The highest BCUT2D eigenvalue weighted by atomic mass is 19.4.